The number of hydrogen-bond acceptors (Lipinski definition) is 5. The average molecular weight is 299 g/mol. The van der Waals surface area contributed by atoms with Crippen LogP contribution in [-0.4, -0.2) is 26.4 Å². The highest BCUT2D eigenvalue weighted by Gasteiger charge is 2.30. The Kier molecular flexibility index (Phi) is 3.96. The second-order valence-corrected chi connectivity index (χ2v) is 6.79. The summed E-state index contributed by atoms with van der Waals surface area (Å²) in [5.74, 6) is 0.535. The minimum absolute atomic E-state index is 0.0343. The number of nitrogens with one attached hydrogen (secondary N) is 2. The molecule has 1 aromatic carbocycles. The smallest absolute Gasteiger partial charge is 0.292 e. The van der Waals surface area contributed by atoms with Crippen LogP contribution in [-0.2, 0) is 10.0 Å². The largest absolute Gasteiger partial charge is 0.383 e. The molecule has 0 atom stereocenters. The van der Waals surface area contributed by atoms with Crippen molar-refractivity contribution in [3.63, 3.8) is 0 Å². The molecule has 1 fully saturated rings. The minimum atomic E-state index is -3.63. The molecule has 7 nitrogen and oxygen atoms in total. The summed E-state index contributed by atoms with van der Waals surface area (Å²) in [6.07, 6.45) is 1.65. The lowest BCUT2D eigenvalue weighted by Gasteiger charge is -2.32. The third-order valence-corrected chi connectivity index (χ3v) is 4.96. The van der Waals surface area contributed by atoms with E-state index in [4.69, 9.17) is 0 Å². The SMILES string of the molecule is CNc1cc(S(=O)(=O)NC2CC(C)C2)ccc1[N+](=O)[O-]. The zero-order valence-electron chi connectivity index (χ0n) is 11.3. The first-order valence-corrected chi connectivity index (χ1v) is 7.80. The molecule has 0 radical (unpaired) electrons. The molecule has 0 amide bonds. The van der Waals surface area contributed by atoms with Crippen LogP contribution in [0.2, 0.25) is 0 Å². The first-order chi connectivity index (χ1) is 9.33. The molecule has 0 unspecified atom stereocenters. The molecule has 1 aliphatic rings. The molecular formula is C12H17N3O4S. The Morgan fingerprint density at radius 3 is 2.50 bits per heavy atom. The van der Waals surface area contributed by atoms with Crippen LogP contribution in [0.5, 0.6) is 0 Å². The van der Waals surface area contributed by atoms with Gasteiger partial charge in [-0.2, -0.15) is 0 Å². The predicted molar refractivity (Wildman–Crippen MR) is 75.2 cm³/mol. The average Bonchev–Trinajstić information content (AvgIpc) is 2.35. The van der Waals surface area contributed by atoms with Crippen LogP contribution < -0.4 is 10.0 Å². The number of rotatable bonds is 5. The van der Waals surface area contributed by atoms with E-state index in [9.17, 15) is 18.5 Å². The molecule has 0 bridgehead atoms. The fourth-order valence-corrected chi connectivity index (χ4v) is 3.62. The summed E-state index contributed by atoms with van der Waals surface area (Å²) < 4.78 is 27.0. The Morgan fingerprint density at radius 1 is 1.35 bits per heavy atom. The van der Waals surface area contributed by atoms with Gasteiger partial charge in [-0.15, -0.1) is 0 Å². The van der Waals surface area contributed by atoms with Crippen molar-refractivity contribution in [2.45, 2.75) is 30.7 Å². The second kappa shape index (κ2) is 5.37. The molecule has 1 aromatic rings. The van der Waals surface area contributed by atoms with E-state index in [1.807, 2.05) is 0 Å². The van der Waals surface area contributed by atoms with E-state index >= 15 is 0 Å². The zero-order valence-corrected chi connectivity index (χ0v) is 12.1. The predicted octanol–water partition coefficient (Wildman–Crippen LogP) is 1.71. The summed E-state index contributed by atoms with van der Waals surface area (Å²) in [6.45, 7) is 2.07. The van der Waals surface area contributed by atoms with Gasteiger partial charge in [-0.05, 0) is 30.9 Å². The van der Waals surface area contributed by atoms with Gasteiger partial charge >= 0.3 is 0 Å². The van der Waals surface area contributed by atoms with Crippen molar-refractivity contribution in [1.29, 1.82) is 0 Å². The lowest BCUT2D eigenvalue weighted by atomic mass is 9.83. The van der Waals surface area contributed by atoms with Crippen LogP contribution in [0.3, 0.4) is 0 Å². The number of nitro groups is 1. The van der Waals surface area contributed by atoms with Crippen LogP contribution in [0.15, 0.2) is 23.1 Å². The summed E-state index contributed by atoms with van der Waals surface area (Å²) in [4.78, 5) is 10.3. The Bertz CT molecular complexity index is 624. The molecule has 20 heavy (non-hydrogen) atoms. The van der Waals surface area contributed by atoms with Gasteiger partial charge in [0.25, 0.3) is 5.69 Å². The van der Waals surface area contributed by atoms with Gasteiger partial charge in [0.05, 0.1) is 9.82 Å². The molecule has 8 heteroatoms. The summed E-state index contributed by atoms with van der Waals surface area (Å²) in [5.41, 5.74) is 0.0311. The maximum absolute atomic E-state index is 12.2. The molecule has 1 aliphatic carbocycles. The van der Waals surface area contributed by atoms with E-state index in [-0.39, 0.29) is 22.3 Å². The number of benzene rings is 1. The third kappa shape index (κ3) is 2.91. The molecule has 0 aliphatic heterocycles. The highest BCUT2D eigenvalue weighted by atomic mass is 32.2. The monoisotopic (exact) mass is 299 g/mol. The van der Waals surface area contributed by atoms with Crippen molar-refractivity contribution in [3.05, 3.63) is 28.3 Å². The number of anilines is 1. The molecule has 110 valence electrons. The van der Waals surface area contributed by atoms with Gasteiger partial charge in [0.2, 0.25) is 10.0 Å². The van der Waals surface area contributed by atoms with Gasteiger partial charge in [-0.25, -0.2) is 13.1 Å². The van der Waals surface area contributed by atoms with Crippen LogP contribution in [0.1, 0.15) is 19.8 Å². The van der Waals surface area contributed by atoms with Crippen molar-refractivity contribution >= 4 is 21.4 Å². The number of nitro benzene ring substituents is 1. The van der Waals surface area contributed by atoms with Gasteiger partial charge < -0.3 is 5.32 Å². The van der Waals surface area contributed by atoms with Crippen molar-refractivity contribution in [2.24, 2.45) is 5.92 Å². The maximum atomic E-state index is 12.2. The summed E-state index contributed by atoms with van der Waals surface area (Å²) >= 11 is 0. The first kappa shape index (κ1) is 14.7. The van der Waals surface area contributed by atoms with Gasteiger partial charge in [0.1, 0.15) is 5.69 Å². The van der Waals surface area contributed by atoms with Crippen LogP contribution >= 0.6 is 0 Å². The van der Waals surface area contributed by atoms with Crippen LogP contribution in [0.4, 0.5) is 11.4 Å². The Hall–Kier alpha value is -1.67. The molecule has 2 rings (SSSR count). The number of hydrogen-bond donors (Lipinski definition) is 2. The molecule has 2 N–H and O–H groups in total. The highest BCUT2D eigenvalue weighted by molar-refractivity contribution is 7.89. The number of nitrogens with zero attached hydrogens (tertiary/aromatic N) is 1. The van der Waals surface area contributed by atoms with Crippen molar-refractivity contribution < 1.29 is 13.3 Å². The molecule has 0 spiro atoms. The minimum Gasteiger partial charge on any atom is -0.383 e. The van der Waals surface area contributed by atoms with E-state index in [0.29, 0.717) is 5.92 Å². The molecule has 0 saturated heterocycles. The fraction of sp³-hybridized carbons (Fsp3) is 0.500. The molecule has 0 heterocycles. The summed E-state index contributed by atoms with van der Waals surface area (Å²) in [5, 5.41) is 13.5. The Labute approximate surface area is 117 Å². The van der Waals surface area contributed by atoms with Gasteiger partial charge in [0, 0.05) is 19.2 Å². The van der Waals surface area contributed by atoms with Crippen molar-refractivity contribution in [3.8, 4) is 0 Å². The maximum Gasteiger partial charge on any atom is 0.292 e. The summed E-state index contributed by atoms with van der Waals surface area (Å²) in [6, 6.07) is 3.69. The lowest BCUT2D eigenvalue weighted by Crippen LogP contribution is -2.43. The van der Waals surface area contributed by atoms with E-state index < -0.39 is 14.9 Å². The van der Waals surface area contributed by atoms with E-state index in [1.54, 1.807) is 0 Å². The van der Waals surface area contributed by atoms with Crippen LogP contribution in [0, 0.1) is 16.0 Å². The zero-order chi connectivity index (χ0) is 14.9. The van der Waals surface area contributed by atoms with Gasteiger partial charge in [-0.3, -0.25) is 10.1 Å². The quantitative estimate of drug-likeness (QED) is 0.636. The highest BCUT2D eigenvalue weighted by Crippen LogP contribution is 2.30. The van der Waals surface area contributed by atoms with E-state index in [0.717, 1.165) is 12.8 Å². The first-order valence-electron chi connectivity index (χ1n) is 6.32. The Balaban J connectivity index is 2.25. The van der Waals surface area contributed by atoms with Gasteiger partial charge in [0.15, 0.2) is 0 Å². The topological polar surface area (TPSA) is 101 Å². The molecular weight excluding hydrogens is 282 g/mol. The number of sulfonamides is 1. The lowest BCUT2D eigenvalue weighted by molar-refractivity contribution is -0.384. The molecule has 1 saturated carbocycles. The Morgan fingerprint density at radius 2 is 2.00 bits per heavy atom. The van der Waals surface area contributed by atoms with Crippen molar-refractivity contribution in [1.82, 2.24) is 4.72 Å². The van der Waals surface area contributed by atoms with Gasteiger partial charge in [-0.1, -0.05) is 6.92 Å². The van der Waals surface area contributed by atoms with Crippen molar-refractivity contribution in [2.75, 3.05) is 12.4 Å². The van der Waals surface area contributed by atoms with E-state index in [2.05, 4.69) is 17.0 Å². The fourth-order valence-electron chi connectivity index (χ4n) is 2.33. The third-order valence-electron chi connectivity index (χ3n) is 3.44. The van der Waals surface area contributed by atoms with E-state index in [1.165, 1.54) is 25.2 Å². The normalized spacial score (nSPS) is 22.1. The standard InChI is InChI=1S/C12H17N3O4S/c1-8-5-9(6-8)14-20(18,19)10-3-4-12(15(16)17)11(7-10)13-2/h3-4,7-9,13-14H,5-6H2,1-2H3. The summed E-state index contributed by atoms with van der Waals surface area (Å²) in [7, 11) is -2.12. The molecule has 0 aromatic heterocycles. The second-order valence-electron chi connectivity index (χ2n) is 5.08. The van der Waals surface area contributed by atoms with Crippen LogP contribution in [0.25, 0.3) is 0 Å².